The minimum atomic E-state index is -3.65. The van der Waals surface area contributed by atoms with Crippen molar-refractivity contribution in [3.05, 3.63) is 41.7 Å². The van der Waals surface area contributed by atoms with Crippen LogP contribution in [-0.2, 0) is 39.4 Å². The van der Waals surface area contributed by atoms with Gasteiger partial charge in [0, 0.05) is 25.6 Å². The predicted molar refractivity (Wildman–Crippen MR) is 199 cm³/mol. The minimum Gasteiger partial charge on any atom is -0.384 e. The Morgan fingerprint density at radius 2 is 1.76 bits per heavy atom. The zero-order valence-corrected chi connectivity index (χ0v) is 32.5. The quantitative estimate of drug-likeness (QED) is 0.184. The molecule has 2 aliphatic heterocycles. The number of hydrogen-bond donors (Lipinski definition) is 3. The van der Waals surface area contributed by atoms with Crippen LogP contribution in [0.2, 0.25) is 0 Å². The van der Waals surface area contributed by atoms with Crippen molar-refractivity contribution in [2.45, 2.75) is 99.8 Å². The van der Waals surface area contributed by atoms with E-state index in [0.29, 0.717) is 17.2 Å². The molecule has 4 amide bonds. The third kappa shape index (κ3) is 9.44. The van der Waals surface area contributed by atoms with Crippen LogP contribution in [0, 0.1) is 5.92 Å². The van der Waals surface area contributed by atoms with E-state index in [-0.39, 0.29) is 66.7 Å². The number of methoxy groups -OCH3 is 1. The molecule has 54 heavy (non-hydrogen) atoms. The third-order valence-corrected chi connectivity index (χ3v) is 13.1. The molecule has 0 unspecified atom stereocenters. The number of hydrogen-bond acceptors (Lipinski definition) is 12. The van der Waals surface area contributed by atoms with Crippen molar-refractivity contribution in [1.29, 1.82) is 0 Å². The standard InChI is InChI=1S/C36H49N7O9S2/c1-35(2,49)29-21-38-41-43(29)25-20-28(33(47)40-36(30(44)31(37)45)13-16-53-17-14-36)42(22-25)34(48)27(19-23-7-5-4-6-8-23)39-32(46)24-9-11-26(12-10-24)54(50,51)18-15-52-3/h9-12,21,23,25,28,49H,4-8,13-20,22H2,1-3H3,(H2,37,45)(H,40,47)/t25-,28-/m0/s1. The first kappa shape index (κ1) is 41.2. The number of Topliss-reactive ketones (excluding diaryl/α,β-unsaturated/α-hetero) is 1. The number of nitrogens with two attached hydrogens (primary N) is 1. The first-order valence-electron chi connectivity index (χ1n) is 18.2. The second-order valence-corrected chi connectivity index (χ2v) is 18.1. The molecule has 294 valence electrons. The summed E-state index contributed by atoms with van der Waals surface area (Å²) in [6.07, 6.45) is 6.56. The fourth-order valence-electron chi connectivity index (χ4n) is 7.41. The maximum Gasteiger partial charge on any atom is 0.287 e. The maximum absolute atomic E-state index is 14.7. The highest BCUT2D eigenvalue weighted by molar-refractivity contribution is 7.99. The van der Waals surface area contributed by atoms with E-state index < -0.39 is 62.5 Å². The number of ketones is 1. The molecule has 1 aromatic heterocycles. The summed E-state index contributed by atoms with van der Waals surface area (Å²) in [5.74, 6) is -3.33. The van der Waals surface area contributed by atoms with E-state index in [0.717, 1.165) is 32.1 Å². The second-order valence-electron chi connectivity index (χ2n) is 14.8. The number of primary amides is 1. The lowest BCUT2D eigenvalue weighted by atomic mass is 9.85. The Hall–Kier alpha value is -4.00. The SMILES string of the molecule is COCCS(=O)(=O)c1ccc(C(=O)N=C(CC2CCCCC2)C(=O)N2C[C@@H](n3nncc3C(C)(C)O)C[C@H]2C(=O)NC2(C(=O)C(N)=O)CCSCC2)cc1. The number of carbonyl (C=O) groups excluding carboxylic acids is 5. The Balaban J connectivity index is 1.51. The van der Waals surface area contributed by atoms with Gasteiger partial charge < -0.3 is 25.8 Å². The van der Waals surface area contributed by atoms with Crippen LogP contribution in [0.5, 0.6) is 0 Å². The van der Waals surface area contributed by atoms with Gasteiger partial charge in [0.05, 0.1) is 35.2 Å². The van der Waals surface area contributed by atoms with E-state index in [1.165, 1.54) is 47.2 Å². The third-order valence-electron chi connectivity index (χ3n) is 10.5. The van der Waals surface area contributed by atoms with E-state index >= 15 is 0 Å². The molecule has 3 heterocycles. The molecule has 1 aliphatic carbocycles. The molecule has 16 nitrogen and oxygen atoms in total. The van der Waals surface area contributed by atoms with Gasteiger partial charge in [0.1, 0.15) is 22.9 Å². The fourth-order valence-corrected chi connectivity index (χ4v) is 9.78. The maximum atomic E-state index is 14.7. The summed E-state index contributed by atoms with van der Waals surface area (Å²) >= 11 is 1.58. The lowest BCUT2D eigenvalue weighted by Gasteiger charge is -2.37. The van der Waals surface area contributed by atoms with Crippen LogP contribution in [-0.4, -0.2) is 118 Å². The summed E-state index contributed by atoms with van der Waals surface area (Å²) in [6.45, 7) is 3.06. The largest absolute Gasteiger partial charge is 0.384 e. The molecule has 1 aromatic carbocycles. The number of likely N-dealkylation sites (tertiary alicyclic amines) is 1. The minimum absolute atomic E-state index is 0.00775. The summed E-state index contributed by atoms with van der Waals surface area (Å²) in [4.78, 5) is 73.7. The highest BCUT2D eigenvalue weighted by atomic mass is 32.2. The van der Waals surface area contributed by atoms with Gasteiger partial charge >= 0.3 is 0 Å². The first-order chi connectivity index (χ1) is 25.6. The summed E-state index contributed by atoms with van der Waals surface area (Å²) in [6, 6.07) is 3.49. The number of nitrogens with zero attached hydrogens (tertiary/aromatic N) is 5. The average molecular weight is 788 g/mol. The van der Waals surface area contributed by atoms with Crippen LogP contribution in [0.15, 0.2) is 40.4 Å². The summed E-state index contributed by atoms with van der Waals surface area (Å²) < 4.78 is 31.7. The van der Waals surface area contributed by atoms with Crippen molar-refractivity contribution < 1.29 is 42.2 Å². The molecular formula is C36H49N7O9S2. The molecule has 2 atom stereocenters. The number of carbonyl (C=O) groups is 5. The first-order valence-corrected chi connectivity index (χ1v) is 21.0. The van der Waals surface area contributed by atoms with Gasteiger partial charge in [-0.15, -0.1) is 5.10 Å². The van der Waals surface area contributed by atoms with Gasteiger partial charge in [0.15, 0.2) is 9.84 Å². The van der Waals surface area contributed by atoms with Gasteiger partial charge in [-0.25, -0.2) is 18.1 Å². The Kier molecular flexibility index (Phi) is 13.1. The van der Waals surface area contributed by atoms with Crippen molar-refractivity contribution in [2.24, 2.45) is 16.6 Å². The smallest absolute Gasteiger partial charge is 0.287 e. The van der Waals surface area contributed by atoms with E-state index in [9.17, 15) is 37.5 Å². The Morgan fingerprint density at radius 3 is 2.37 bits per heavy atom. The molecule has 5 rings (SSSR count). The van der Waals surface area contributed by atoms with Gasteiger partial charge in [-0.2, -0.15) is 11.8 Å². The van der Waals surface area contributed by atoms with Crippen molar-refractivity contribution in [1.82, 2.24) is 25.2 Å². The molecule has 3 aliphatic rings. The van der Waals surface area contributed by atoms with Crippen LogP contribution in [0.25, 0.3) is 0 Å². The van der Waals surface area contributed by atoms with E-state index in [1.807, 2.05) is 0 Å². The number of thioether (sulfide) groups is 1. The van der Waals surface area contributed by atoms with Crippen LogP contribution in [0.1, 0.15) is 93.7 Å². The number of aliphatic imine (C=N–C) groups is 1. The van der Waals surface area contributed by atoms with E-state index in [2.05, 4.69) is 20.6 Å². The van der Waals surface area contributed by atoms with Gasteiger partial charge in [-0.05, 0) is 74.8 Å². The lowest BCUT2D eigenvalue weighted by molar-refractivity contribution is -0.143. The zero-order chi connectivity index (χ0) is 39.3. The van der Waals surface area contributed by atoms with Crippen LogP contribution in [0.3, 0.4) is 0 Å². The summed E-state index contributed by atoms with van der Waals surface area (Å²) in [5, 5.41) is 21.8. The van der Waals surface area contributed by atoms with Crippen LogP contribution < -0.4 is 11.1 Å². The molecule has 18 heteroatoms. The van der Waals surface area contributed by atoms with Crippen LogP contribution >= 0.6 is 11.8 Å². The Bertz CT molecular complexity index is 1860. The average Bonchev–Trinajstić information content (AvgIpc) is 3.83. The molecule has 2 saturated heterocycles. The Morgan fingerprint density at radius 1 is 1.09 bits per heavy atom. The van der Waals surface area contributed by atoms with Gasteiger partial charge in [0.2, 0.25) is 11.7 Å². The number of ether oxygens (including phenoxy) is 1. The zero-order valence-electron chi connectivity index (χ0n) is 30.9. The topological polar surface area (TPSA) is 233 Å². The van der Waals surface area contributed by atoms with Crippen LogP contribution in [0.4, 0.5) is 0 Å². The highest BCUT2D eigenvalue weighted by Gasteiger charge is 2.49. The van der Waals surface area contributed by atoms with Crippen molar-refractivity contribution in [3.63, 3.8) is 0 Å². The summed E-state index contributed by atoms with van der Waals surface area (Å²) in [7, 11) is -2.25. The molecular weight excluding hydrogens is 739 g/mol. The number of benzene rings is 1. The molecule has 1 saturated carbocycles. The van der Waals surface area contributed by atoms with Gasteiger partial charge in [-0.3, -0.25) is 24.0 Å². The monoisotopic (exact) mass is 787 g/mol. The van der Waals surface area contributed by atoms with E-state index in [1.54, 1.807) is 25.6 Å². The van der Waals surface area contributed by atoms with Crippen molar-refractivity contribution in [3.8, 4) is 0 Å². The molecule has 3 fully saturated rings. The molecule has 4 N–H and O–H groups in total. The predicted octanol–water partition coefficient (Wildman–Crippen LogP) is 1.76. The lowest BCUT2D eigenvalue weighted by Crippen LogP contribution is -2.63. The Labute approximate surface area is 318 Å². The van der Waals surface area contributed by atoms with Crippen molar-refractivity contribution >= 4 is 56.7 Å². The number of aromatic nitrogens is 3. The van der Waals surface area contributed by atoms with Gasteiger partial charge in [0.25, 0.3) is 17.7 Å². The van der Waals surface area contributed by atoms with Gasteiger partial charge in [-0.1, -0.05) is 37.3 Å². The normalized spacial score (nSPS) is 21.1. The fraction of sp³-hybridized carbons (Fsp3) is 0.611. The number of sulfone groups is 1. The molecule has 2 aromatic rings. The molecule has 0 spiro atoms. The molecule has 0 radical (unpaired) electrons. The highest BCUT2D eigenvalue weighted by Crippen LogP contribution is 2.35. The number of amides is 4. The number of nitrogens with one attached hydrogen (secondary N) is 1. The van der Waals surface area contributed by atoms with E-state index in [4.69, 9.17) is 10.5 Å². The molecule has 0 bridgehead atoms. The number of rotatable bonds is 14. The number of aliphatic hydroxyl groups is 1. The second kappa shape index (κ2) is 17.2. The summed E-state index contributed by atoms with van der Waals surface area (Å²) in [5.41, 5.74) is 2.90. The van der Waals surface area contributed by atoms with Crippen molar-refractivity contribution in [2.75, 3.05) is 37.5 Å².